The summed E-state index contributed by atoms with van der Waals surface area (Å²) in [7, 11) is 4.80. The van der Waals surface area contributed by atoms with Crippen LogP contribution >= 0.6 is 11.6 Å². The molecule has 0 aliphatic heterocycles. The molecule has 0 amide bonds. The summed E-state index contributed by atoms with van der Waals surface area (Å²) in [5, 5.41) is 0.585. The minimum Gasteiger partial charge on any atom is -0.321 e. The van der Waals surface area contributed by atoms with Crippen molar-refractivity contribution >= 4 is 22.8 Å². The molecule has 0 bridgehead atoms. The number of nitrogens with zero attached hydrogens (tertiary/aromatic N) is 4. The fraction of sp³-hybridized carbons (Fsp3) is 0.214. The predicted molar refractivity (Wildman–Crippen MR) is 81.6 cm³/mol. The van der Waals surface area contributed by atoms with Gasteiger partial charge in [-0.05, 0) is 12.1 Å². The van der Waals surface area contributed by atoms with Crippen LogP contribution in [0, 0.1) is 0 Å². The van der Waals surface area contributed by atoms with E-state index >= 15 is 0 Å². The molecule has 0 fully saturated rings. The van der Waals surface area contributed by atoms with Crippen molar-refractivity contribution in [3.63, 3.8) is 0 Å². The van der Waals surface area contributed by atoms with Crippen molar-refractivity contribution in [2.75, 3.05) is 0 Å². The van der Waals surface area contributed by atoms with Crippen LogP contribution in [-0.4, -0.2) is 18.7 Å². The van der Waals surface area contributed by atoms with Crippen LogP contribution in [0.1, 0.15) is 0 Å². The lowest BCUT2D eigenvalue weighted by molar-refractivity contribution is 0.705. The second-order valence-electron chi connectivity index (χ2n) is 4.88. The van der Waals surface area contributed by atoms with Crippen LogP contribution in [-0.2, 0) is 21.1 Å². The lowest BCUT2D eigenvalue weighted by atomic mass is 10.2. The molecule has 1 aromatic carbocycles. The summed E-state index contributed by atoms with van der Waals surface area (Å²) in [4.78, 5) is 28.7. The lowest BCUT2D eigenvalue weighted by Gasteiger charge is -2.04. The molecule has 0 saturated carbocycles. The van der Waals surface area contributed by atoms with Gasteiger partial charge in [-0.3, -0.25) is 13.9 Å². The number of fused-ring (bicyclic) bond motifs is 1. The highest BCUT2D eigenvalue weighted by Gasteiger charge is 2.17. The molecule has 6 nitrogen and oxygen atoms in total. The van der Waals surface area contributed by atoms with Crippen LogP contribution in [0.2, 0.25) is 5.02 Å². The van der Waals surface area contributed by atoms with E-state index in [0.29, 0.717) is 22.0 Å². The molecule has 0 aliphatic rings. The summed E-state index contributed by atoms with van der Waals surface area (Å²) in [5.74, 6) is 0.589. The monoisotopic (exact) mass is 304 g/mol. The van der Waals surface area contributed by atoms with E-state index in [1.807, 2.05) is 12.1 Å². The van der Waals surface area contributed by atoms with Crippen molar-refractivity contribution in [3.05, 3.63) is 50.1 Å². The van der Waals surface area contributed by atoms with Gasteiger partial charge in [0.05, 0.1) is 0 Å². The molecule has 0 aliphatic carbocycles. The maximum Gasteiger partial charge on any atom is 0.332 e. The van der Waals surface area contributed by atoms with E-state index in [4.69, 9.17) is 11.6 Å². The number of hydrogen-bond donors (Lipinski definition) is 0. The lowest BCUT2D eigenvalue weighted by Crippen LogP contribution is -2.37. The number of imidazole rings is 1. The van der Waals surface area contributed by atoms with Gasteiger partial charge in [-0.1, -0.05) is 23.7 Å². The van der Waals surface area contributed by atoms with Gasteiger partial charge in [0.15, 0.2) is 11.2 Å². The number of hydrogen-bond acceptors (Lipinski definition) is 3. The number of aromatic nitrogens is 4. The van der Waals surface area contributed by atoms with Crippen LogP contribution in [0.5, 0.6) is 0 Å². The molecular weight excluding hydrogens is 292 g/mol. The normalized spacial score (nSPS) is 11.2. The highest BCUT2D eigenvalue weighted by atomic mass is 35.5. The number of aryl methyl sites for hydroxylation is 2. The van der Waals surface area contributed by atoms with Gasteiger partial charge in [0, 0.05) is 31.7 Å². The van der Waals surface area contributed by atoms with Crippen LogP contribution in [0.25, 0.3) is 22.6 Å². The first-order chi connectivity index (χ1) is 9.91. The first kappa shape index (κ1) is 13.6. The molecule has 3 aromatic rings. The molecule has 0 radical (unpaired) electrons. The summed E-state index contributed by atoms with van der Waals surface area (Å²) < 4.78 is 4.12. The second kappa shape index (κ2) is 4.60. The number of rotatable bonds is 1. The summed E-state index contributed by atoms with van der Waals surface area (Å²) in [6, 6.07) is 7.21. The molecule has 108 valence electrons. The average Bonchev–Trinajstić information content (AvgIpc) is 2.81. The van der Waals surface area contributed by atoms with Crippen molar-refractivity contribution in [1.82, 2.24) is 18.7 Å². The molecule has 0 unspecified atom stereocenters. The van der Waals surface area contributed by atoms with Crippen molar-refractivity contribution in [1.29, 1.82) is 0 Å². The Hall–Kier alpha value is -2.34. The first-order valence-corrected chi connectivity index (χ1v) is 6.68. The maximum atomic E-state index is 12.3. The van der Waals surface area contributed by atoms with E-state index in [0.717, 1.165) is 10.1 Å². The van der Waals surface area contributed by atoms with E-state index in [9.17, 15) is 9.59 Å². The Morgan fingerprint density at radius 2 is 1.76 bits per heavy atom. The Morgan fingerprint density at radius 3 is 2.43 bits per heavy atom. The quantitative estimate of drug-likeness (QED) is 0.680. The van der Waals surface area contributed by atoms with E-state index in [1.54, 1.807) is 30.8 Å². The molecule has 2 aromatic heterocycles. The highest BCUT2D eigenvalue weighted by Crippen LogP contribution is 2.23. The molecule has 3 rings (SSSR count). The third-order valence-electron chi connectivity index (χ3n) is 3.56. The van der Waals surface area contributed by atoms with Crippen LogP contribution in [0.4, 0.5) is 0 Å². The molecule has 21 heavy (non-hydrogen) atoms. The van der Waals surface area contributed by atoms with Gasteiger partial charge in [0.1, 0.15) is 5.82 Å². The smallest absolute Gasteiger partial charge is 0.321 e. The molecule has 0 atom stereocenters. The Bertz CT molecular complexity index is 981. The number of benzene rings is 1. The molecule has 7 heteroatoms. The third kappa shape index (κ3) is 1.91. The summed E-state index contributed by atoms with van der Waals surface area (Å²) >= 11 is 6.00. The van der Waals surface area contributed by atoms with Crippen molar-refractivity contribution in [2.45, 2.75) is 0 Å². The summed E-state index contributed by atoms with van der Waals surface area (Å²) in [5.41, 5.74) is 0.769. The van der Waals surface area contributed by atoms with Gasteiger partial charge >= 0.3 is 5.69 Å². The Balaban J connectivity index is 2.46. The first-order valence-electron chi connectivity index (χ1n) is 6.30. The second-order valence-corrected chi connectivity index (χ2v) is 5.32. The maximum absolute atomic E-state index is 12.3. The fourth-order valence-corrected chi connectivity index (χ4v) is 2.59. The molecule has 0 N–H and O–H groups in total. The van der Waals surface area contributed by atoms with Gasteiger partial charge in [-0.2, -0.15) is 0 Å². The minimum atomic E-state index is -0.400. The molecule has 0 spiro atoms. The molecule has 0 saturated heterocycles. The minimum absolute atomic E-state index is 0.362. The topological polar surface area (TPSA) is 61.8 Å². The van der Waals surface area contributed by atoms with Crippen LogP contribution in [0.3, 0.4) is 0 Å². The molecular formula is C14H13ClN4O2. The van der Waals surface area contributed by atoms with Gasteiger partial charge in [-0.25, -0.2) is 9.78 Å². The van der Waals surface area contributed by atoms with Crippen molar-refractivity contribution < 1.29 is 0 Å². The van der Waals surface area contributed by atoms with Gasteiger partial charge < -0.3 is 4.57 Å². The summed E-state index contributed by atoms with van der Waals surface area (Å²) in [6.45, 7) is 0. The van der Waals surface area contributed by atoms with E-state index in [1.165, 1.54) is 11.6 Å². The van der Waals surface area contributed by atoms with Crippen LogP contribution < -0.4 is 11.2 Å². The van der Waals surface area contributed by atoms with Gasteiger partial charge in [0.2, 0.25) is 0 Å². The standard InChI is InChI=1S/C14H13ClN4O2/c1-17-10-12(18(2)14(21)19(3)13(10)20)16-11(17)8-5-4-6-9(15)7-8/h4-7H,1-3H3. The Morgan fingerprint density at radius 1 is 1.05 bits per heavy atom. The SMILES string of the molecule is Cn1c(=O)c2c(nc(-c3cccc(Cl)c3)n2C)n(C)c1=O. The van der Waals surface area contributed by atoms with Crippen LogP contribution in [0.15, 0.2) is 33.9 Å². The van der Waals surface area contributed by atoms with Gasteiger partial charge in [0.25, 0.3) is 5.56 Å². The Labute approximate surface area is 124 Å². The number of halogens is 1. The zero-order valence-electron chi connectivity index (χ0n) is 11.8. The Kier molecular flexibility index (Phi) is 2.98. The van der Waals surface area contributed by atoms with Crippen molar-refractivity contribution in [3.8, 4) is 11.4 Å². The highest BCUT2D eigenvalue weighted by molar-refractivity contribution is 6.30. The largest absolute Gasteiger partial charge is 0.332 e. The average molecular weight is 305 g/mol. The van der Waals surface area contributed by atoms with Crippen molar-refractivity contribution in [2.24, 2.45) is 21.1 Å². The third-order valence-corrected chi connectivity index (χ3v) is 3.79. The summed E-state index contributed by atoms with van der Waals surface area (Å²) in [6.07, 6.45) is 0. The van der Waals surface area contributed by atoms with Gasteiger partial charge in [-0.15, -0.1) is 0 Å². The zero-order valence-corrected chi connectivity index (χ0v) is 12.5. The fourth-order valence-electron chi connectivity index (χ4n) is 2.40. The van der Waals surface area contributed by atoms with E-state index in [2.05, 4.69) is 4.98 Å². The zero-order chi connectivity index (χ0) is 15.3. The predicted octanol–water partition coefficient (Wildman–Crippen LogP) is 1.29. The van der Waals surface area contributed by atoms with E-state index in [-0.39, 0.29) is 5.56 Å². The van der Waals surface area contributed by atoms with E-state index < -0.39 is 5.69 Å². The molecule has 2 heterocycles.